The van der Waals surface area contributed by atoms with Gasteiger partial charge in [-0.3, -0.25) is 4.79 Å². The topological polar surface area (TPSA) is 45.8 Å². The van der Waals surface area contributed by atoms with Gasteiger partial charge in [-0.2, -0.15) is 0 Å². The summed E-state index contributed by atoms with van der Waals surface area (Å²) in [6, 6.07) is 9.26. The number of thioether (sulfide) groups is 1. The summed E-state index contributed by atoms with van der Waals surface area (Å²) >= 11 is 1.45. The van der Waals surface area contributed by atoms with E-state index in [1.807, 2.05) is 24.3 Å². The fourth-order valence-electron chi connectivity index (χ4n) is 1.15. The molecule has 0 radical (unpaired) electrons. The van der Waals surface area contributed by atoms with E-state index in [-0.39, 0.29) is 5.78 Å². The first-order chi connectivity index (χ1) is 7.36. The van der Waals surface area contributed by atoms with E-state index in [1.165, 1.54) is 11.8 Å². The monoisotopic (exact) mass is 218 g/mol. The van der Waals surface area contributed by atoms with Gasteiger partial charge in [0.05, 0.1) is 16.5 Å². The molecule has 4 heteroatoms. The van der Waals surface area contributed by atoms with E-state index in [1.54, 1.807) is 18.5 Å². The van der Waals surface area contributed by atoms with Crippen molar-refractivity contribution < 1.29 is 4.79 Å². The standard InChI is InChI=1S/C11H10N2OS/c14-10(9-4-3-7-12-9)8-15-11-5-1-2-6-13-11/h1-7,12H,8H2. The van der Waals surface area contributed by atoms with Crippen molar-refractivity contribution in [3.63, 3.8) is 0 Å². The van der Waals surface area contributed by atoms with Gasteiger partial charge >= 0.3 is 0 Å². The number of carbonyl (C=O) groups is 1. The first-order valence-corrected chi connectivity index (χ1v) is 5.55. The van der Waals surface area contributed by atoms with Crippen molar-refractivity contribution in [3.05, 3.63) is 48.4 Å². The highest BCUT2D eigenvalue weighted by Gasteiger charge is 2.06. The first-order valence-electron chi connectivity index (χ1n) is 4.56. The van der Waals surface area contributed by atoms with Gasteiger partial charge < -0.3 is 4.98 Å². The van der Waals surface area contributed by atoms with Gasteiger partial charge in [0.2, 0.25) is 0 Å². The summed E-state index contributed by atoms with van der Waals surface area (Å²) in [4.78, 5) is 18.6. The summed E-state index contributed by atoms with van der Waals surface area (Å²) in [5.41, 5.74) is 0.651. The molecule has 76 valence electrons. The van der Waals surface area contributed by atoms with E-state index in [0.29, 0.717) is 11.4 Å². The lowest BCUT2D eigenvalue weighted by molar-refractivity contribution is 0.101. The van der Waals surface area contributed by atoms with E-state index >= 15 is 0 Å². The maximum atomic E-state index is 11.6. The zero-order valence-corrected chi connectivity index (χ0v) is 8.83. The van der Waals surface area contributed by atoms with Gasteiger partial charge in [0, 0.05) is 12.4 Å². The Morgan fingerprint density at radius 2 is 2.27 bits per heavy atom. The van der Waals surface area contributed by atoms with Crippen molar-refractivity contribution in [1.29, 1.82) is 0 Å². The second-order valence-electron chi connectivity index (χ2n) is 2.96. The third-order valence-electron chi connectivity index (χ3n) is 1.89. The fraction of sp³-hybridized carbons (Fsp3) is 0.0909. The summed E-state index contributed by atoms with van der Waals surface area (Å²) in [5, 5.41) is 0.873. The summed E-state index contributed by atoms with van der Waals surface area (Å²) in [7, 11) is 0. The Kier molecular flexibility index (Phi) is 3.19. The molecule has 0 saturated heterocycles. The average Bonchev–Trinajstić information content (AvgIpc) is 2.81. The van der Waals surface area contributed by atoms with Crippen molar-refractivity contribution >= 4 is 17.5 Å². The Labute approximate surface area is 91.9 Å². The van der Waals surface area contributed by atoms with Crippen LogP contribution >= 0.6 is 11.8 Å². The van der Waals surface area contributed by atoms with Crippen LogP contribution in [0, 0.1) is 0 Å². The molecule has 0 spiro atoms. The van der Waals surface area contributed by atoms with Gasteiger partial charge in [-0.25, -0.2) is 4.98 Å². The van der Waals surface area contributed by atoms with Crippen LogP contribution in [0.5, 0.6) is 0 Å². The van der Waals surface area contributed by atoms with Gasteiger partial charge in [0.25, 0.3) is 0 Å². The zero-order valence-electron chi connectivity index (χ0n) is 8.01. The molecule has 0 unspecified atom stereocenters. The van der Waals surface area contributed by atoms with E-state index in [9.17, 15) is 4.79 Å². The highest BCUT2D eigenvalue weighted by Crippen LogP contribution is 2.15. The summed E-state index contributed by atoms with van der Waals surface area (Å²) < 4.78 is 0. The molecule has 0 amide bonds. The van der Waals surface area contributed by atoms with Crippen molar-refractivity contribution in [1.82, 2.24) is 9.97 Å². The number of Topliss-reactive ketones (excluding diaryl/α,β-unsaturated/α-hetero) is 1. The third-order valence-corrected chi connectivity index (χ3v) is 2.83. The minimum Gasteiger partial charge on any atom is -0.359 e. The molecule has 2 aromatic rings. The van der Waals surface area contributed by atoms with Crippen LogP contribution in [0.25, 0.3) is 0 Å². The fourth-order valence-corrected chi connectivity index (χ4v) is 1.90. The lowest BCUT2D eigenvalue weighted by Crippen LogP contribution is -2.02. The van der Waals surface area contributed by atoms with E-state index < -0.39 is 0 Å². The van der Waals surface area contributed by atoms with E-state index in [2.05, 4.69) is 9.97 Å². The maximum absolute atomic E-state index is 11.6. The molecule has 2 heterocycles. The van der Waals surface area contributed by atoms with Crippen LogP contribution in [0.1, 0.15) is 10.5 Å². The lowest BCUT2D eigenvalue weighted by atomic mass is 10.3. The number of nitrogens with zero attached hydrogens (tertiary/aromatic N) is 1. The van der Waals surface area contributed by atoms with Gasteiger partial charge in [0.1, 0.15) is 0 Å². The number of hydrogen-bond donors (Lipinski definition) is 1. The average molecular weight is 218 g/mol. The molecule has 2 rings (SSSR count). The van der Waals surface area contributed by atoms with Gasteiger partial charge in [-0.15, -0.1) is 0 Å². The molecule has 0 fully saturated rings. The molecule has 0 aromatic carbocycles. The number of H-pyrrole nitrogens is 1. The number of ketones is 1. The number of carbonyl (C=O) groups excluding carboxylic acids is 1. The van der Waals surface area contributed by atoms with Crippen LogP contribution in [0.15, 0.2) is 47.8 Å². The normalized spacial score (nSPS) is 10.1. The van der Waals surface area contributed by atoms with E-state index in [4.69, 9.17) is 0 Å². The van der Waals surface area contributed by atoms with Gasteiger partial charge in [-0.1, -0.05) is 17.8 Å². The first kappa shape index (κ1) is 9.98. The van der Waals surface area contributed by atoms with Crippen LogP contribution < -0.4 is 0 Å². The largest absolute Gasteiger partial charge is 0.359 e. The third kappa shape index (κ3) is 2.70. The second kappa shape index (κ2) is 4.79. The summed E-state index contributed by atoms with van der Waals surface area (Å²) in [6.07, 6.45) is 3.47. The number of aromatic amines is 1. The Morgan fingerprint density at radius 1 is 1.33 bits per heavy atom. The highest BCUT2D eigenvalue weighted by atomic mass is 32.2. The van der Waals surface area contributed by atoms with Gasteiger partial charge in [-0.05, 0) is 24.3 Å². The Hall–Kier alpha value is -1.55. The predicted octanol–water partition coefficient (Wildman–Crippen LogP) is 2.38. The molecule has 2 aromatic heterocycles. The van der Waals surface area contributed by atoms with Crippen LogP contribution in [-0.4, -0.2) is 21.5 Å². The van der Waals surface area contributed by atoms with Crippen LogP contribution in [0.2, 0.25) is 0 Å². The Morgan fingerprint density at radius 3 is 2.93 bits per heavy atom. The summed E-state index contributed by atoms with van der Waals surface area (Å²) in [6.45, 7) is 0. The second-order valence-corrected chi connectivity index (χ2v) is 3.96. The van der Waals surface area contributed by atoms with Crippen LogP contribution in [0.4, 0.5) is 0 Å². The van der Waals surface area contributed by atoms with Crippen LogP contribution in [0.3, 0.4) is 0 Å². The van der Waals surface area contributed by atoms with Crippen molar-refractivity contribution in [2.45, 2.75) is 5.03 Å². The van der Waals surface area contributed by atoms with Crippen LogP contribution in [-0.2, 0) is 0 Å². The molecule has 0 aliphatic rings. The molecule has 15 heavy (non-hydrogen) atoms. The Balaban J connectivity index is 1.92. The number of nitrogens with one attached hydrogen (secondary N) is 1. The quantitative estimate of drug-likeness (QED) is 0.633. The van der Waals surface area contributed by atoms with Crippen molar-refractivity contribution in [3.8, 4) is 0 Å². The molecular formula is C11H10N2OS. The zero-order chi connectivity index (χ0) is 10.5. The highest BCUT2D eigenvalue weighted by molar-refractivity contribution is 7.99. The SMILES string of the molecule is O=C(CSc1ccccn1)c1ccc[nH]1. The smallest absolute Gasteiger partial charge is 0.189 e. The Bertz CT molecular complexity index is 425. The lowest BCUT2D eigenvalue weighted by Gasteiger charge is -1.98. The molecule has 1 N–H and O–H groups in total. The van der Waals surface area contributed by atoms with Gasteiger partial charge in [0.15, 0.2) is 5.78 Å². The number of hydrogen-bond acceptors (Lipinski definition) is 3. The van der Waals surface area contributed by atoms with Crippen molar-refractivity contribution in [2.75, 3.05) is 5.75 Å². The number of pyridine rings is 1. The molecular weight excluding hydrogens is 208 g/mol. The molecule has 0 aliphatic carbocycles. The molecule has 0 saturated carbocycles. The molecule has 0 aliphatic heterocycles. The minimum absolute atomic E-state index is 0.0932. The van der Waals surface area contributed by atoms with Crippen molar-refractivity contribution in [2.24, 2.45) is 0 Å². The molecule has 3 nitrogen and oxygen atoms in total. The molecule has 0 atom stereocenters. The number of aromatic nitrogens is 2. The van der Waals surface area contributed by atoms with E-state index in [0.717, 1.165) is 5.03 Å². The predicted molar refractivity (Wildman–Crippen MR) is 60.1 cm³/mol. The number of rotatable bonds is 4. The minimum atomic E-state index is 0.0932. The molecule has 0 bridgehead atoms. The maximum Gasteiger partial charge on any atom is 0.189 e. The summed E-state index contributed by atoms with van der Waals surface area (Å²) in [5.74, 6) is 0.507.